The SMILES string of the molecule is O=C([O-])[C@H](Cc1ccccc1)N=Cc1ccccc1O. The van der Waals surface area contributed by atoms with Crippen LogP contribution in [0.1, 0.15) is 11.1 Å². The Hall–Kier alpha value is -2.62. The van der Waals surface area contributed by atoms with Crippen molar-refractivity contribution in [2.24, 2.45) is 4.99 Å². The summed E-state index contributed by atoms with van der Waals surface area (Å²) in [6.45, 7) is 0. The zero-order valence-electron chi connectivity index (χ0n) is 10.8. The molecule has 2 aromatic rings. The van der Waals surface area contributed by atoms with Crippen molar-refractivity contribution >= 4 is 12.2 Å². The lowest BCUT2D eigenvalue weighted by atomic mass is 10.1. The largest absolute Gasteiger partial charge is 0.548 e. The van der Waals surface area contributed by atoms with E-state index in [-0.39, 0.29) is 12.2 Å². The number of hydrogen-bond acceptors (Lipinski definition) is 4. The maximum absolute atomic E-state index is 11.1. The molecule has 1 N–H and O–H groups in total. The molecule has 0 aliphatic rings. The molecule has 0 bridgehead atoms. The number of hydrogen-bond donors (Lipinski definition) is 1. The van der Waals surface area contributed by atoms with Crippen molar-refractivity contribution in [2.45, 2.75) is 12.5 Å². The number of para-hydroxylation sites is 1. The lowest BCUT2D eigenvalue weighted by Crippen LogP contribution is -2.36. The molecule has 1 atom stereocenters. The Morgan fingerprint density at radius 1 is 1.15 bits per heavy atom. The van der Waals surface area contributed by atoms with E-state index < -0.39 is 12.0 Å². The summed E-state index contributed by atoms with van der Waals surface area (Å²) in [7, 11) is 0. The molecule has 0 saturated heterocycles. The number of phenols is 1. The van der Waals surface area contributed by atoms with Crippen LogP contribution in [-0.2, 0) is 11.2 Å². The summed E-state index contributed by atoms with van der Waals surface area (Å²) in [5.41, 5.74) is 1.35. The highest BCUT2D eigenvalue weighted by Gasteiger charge is 2.08. The van der Waals surface area contributed by atoms with Gasteiger partial charge in [-0.2, -0.15) is 0 Å². The second kappa shape index (κ2) is 6.52. The third-order valence-electron chi connectivity index (χ3n) is 2.87. The maximum atomic E-state index is 11.1. The summed E-state index contributed by atoms with van der Waals surface area (Å²) in [4.78, 5) is 15.1. The van der Waals surface area contributed by atoms with Crippen LogP contribution in [0.15, 0.2) is 59.6 Å². The number of aliphatic carboxylic acids is 1. The Morgan fingerprint density at radius 2 is 1.80 bits per heavy atom. The Kier molecular flexibility index (Phi) is 4.50. The number of carboxylic acids is 1. The first kappa shape index (κ1) is 13.8. The van der Waals surface area contributed by atoms with Crippen molar-refractivity contribution in [1.29, 1.82) is 0 Å². The van der Waals surface area contributed by atoms with Crippen LogP contribution < -0.4 is 5.11 Å². The predicted octanol–water partition coefficient (Wildman–Crippen LogP) is 1.17. The fourth-order valence-corrected chi connectivity index (χ4v) is 1.80. The van der Waals surface area contributed by atoms with E-state index in [0.717, 1.165) is 5.56 Å². The minimum Gasteiger partial charge on any atom is -0.548 e. The highest BCUT2D eigenvalue weighted by Crippen LogP contribution is 2.13. The molecule has 4 heteroatoms. The maximum Gasteiger partial charge on any atom is 0.124 e. The van der Waals surface area contributed by atoms with E-state index >= 15 is 0 Å². The van der Waals surface area contributed by atoms with Gasteiger partial charge in [-0.3, -0.25) is 4.99 Å². The van der Waals surface area contributed by atoms with Crippen LogP contribution in [0.2, 0.25) is 0 Å². The zero-order valence-corrected chi connectivity index (χ0v) is 10.8. The number of carbonyl (C=O) groups excluding carboxylic acids is 1. The summed E-state index contributed by atoms with van der Waals surface area (Å²) in [6, 6.07) is 14.9. The predicted molar refractivity (Wildman–Crippen MR) is 74.6 cm³/mol. The normalized spacial score (nSPS) is 12.4. The van der Waals surface area contributed by atoms with Crippen LogP contribution >= 0.6 is 0 Å². The first-order valence-corrected chi connectivity index (χ1v) is 6.23. The standard InChI is InChI=1S/C16H15NO3/c18-15-9-5-4-8-13(15)11-17-14(16(19)20)10-12-6-2-1-3-7-12/h1-9,11,14,18H,10H2,(H,19,20)/p-1/t14-/m0/s1. The summed E-state index contributed by atoms with van der Waals surface area (Å²) in [6.07, 6.45) is 1.62. The van der Waals surface area contributed by atoms with Gasteiger partial charge in [0.2, 0.25) is 0 Å². The Labute approximate surface area is 117 Å². The molecule has 0 unspecified atom stereocenters. The molecular formula is C16H14NO3-. The Balaban J connectivity index is 2.14. The number of rotatable bonds is 5. The molecule has 0 heterocycles. The lowest BCUT2D eigenvalue weighted by molar-refractivity contribution is -0.307. The monoisotopic (exact) mass is 268 g/mol. The third-order valence-corrected chi connectivity index (χ3v) is 2.87. The van der Waals surface area contributed by atoms with Gasteiger partial charge in [-0.05, 0) is 17.7 Å². The van der Waals surface area contributed by atoms with Gasteiger partial charge >= 0.3 is 0 Å². The molecule has 2 rings (SSSR count). The van der Waals surface area contributed by atoms with E-state index in [1.807, 2.05) is 30.3 Å². The summed E-state index contributed by atoms with van der Waals surface area (Å²) >= 11 is 0. The number of aromatic hydroxyl groups is 1. The molecule has 102 valence electrons. The minimum atomic E-state index is -1.24. The van der Waals surface area contributed by atoms with E-state index in [1.165, 1.54) is 12.3 Å². The van der Waals surface area contributed by atoms with Crippen LogP contribution in [0.4, 0.5) is 0 Å². The van der Waals surface area contributed by atoms with Crippen LogP contribution in [0.3, 0.4) is 0 Å². The highest BCUT2D eigenvalue weighted by molar-refractivity contribution is 5.85. The number of aliphatic imine (C=N–C) groups is 1. The number of carbonyl (C=O) groups is 1. The van der Waals surface area contributed by atoms with Gasteiger partial charge in [-0.15, -0.1) is 0 Å². The van der Waals surface area contributed by atoms with Crippen LogP contribution in [0, 0.1) is 0 Å². The summed E-state index contributed by atoms with van der Waals surface area (Å²) < 4.78 is 0. The number of phenolic OH excluding ortho intramolecular Hbond substituents is 1. The van der Waals surface area contributed by atoms with E-state index in [9.17, 15) is 15.0 Å². The minimum absolute atomic E-state index is 0.0630. The fourth-order valence-electron chi connectivity index (χ4n) is 1.80. The Morgan fingerprint density at radius 3 is 2.45 bits per heavy atom. The lowest BCUT2D eigenvalue weighted by Gasteiger charge is -2.13. The average molecular weight is 268 g/mol. The fraction of sp³-hybridized carbons (Fsp3) is 0.125. The summed E-state index contributed by atoms with van der Waals surface area (Å²) in [5, 5.41) is 20.7. The van der Waals surface area contributed by atoms with Gasteiger partial charge in [-0.1, -0.05) is 42.5 Å². The quantitative estimate of drug-likeness (QED) is 0.827. The molecule has 4 nitrogen and oxygen atoms in total. The summed E-state index contributed by atoms with van der Waals surface area (Å²) in [5.74, 6) is -1.17. The molecule has 0 amide bonds. The van der Waals surface area contributed by atoms with Gasteiger partial charge in [0, 0.05) is 18.2 Å². The zero-order chi connectivity index (χ0) is 14.4. The number of carboxylic acid groups (broad SMARTS) is 1. The van der Waals surface area contributed by atoms with Gasteiger partial charge in [0.25, 0.3) is 0 Å². The molecular weight excluding hydrogens is 254 g/mol. The van der Waals surface area contributed by atoms with E-state index in [4.69, 9.17) is 0 Å². The molecule has 0 aliphatic heterocycles. The molecule has 0 fully saturated rings. The molecule has 20 heavy (non-hydrogen) atoms. The molecule has 0 radical (unpaired) electrons. The van der Waals surface area contributed by atoms with Gasteiger partial charge in [0.1, 0.15) is 5.75 Å². The Bertz CT molecular complexity index is 608. The number of nitrogens with zero attached hydrogens (tertiary/aromatic N) is 1. The molecule has 0 aliphatic carbocycles. The van der Waals surface area contributed by atoms with E-state index in [2.05, 4.69) is 4.99 Å². The van der Waals surface area contributed by atoms with Gasteiger partial charge < -0.3 is 15.0 Å². The van der Waals surface area contributed by atoms with E-state index in [0.29, 0.717) is 5.56 Å². The first-order valence-electron chi connectivity index (χ1n) is 6.23. The van der Waals surface area contributed by atoms with Gasteiger partial charge in [0.05, 0.1) is 12.0 Å². The molecule has 2 aromatic carbocycles. The highest BCUT2D eigenvalue weighted by atomic mass is 16.4. The smallest absolute Gasteiger partial charge is 0.124 e. The van der Waals surface area contributed by atoms with Gasteiger partial charge in [-0.25, -0.2) is 0 Å². The van der Waals surface area contributed by atoms with Crippen molar-refractivity contribution in [3.8, 4) is 5.75 Å². The van der Waals surface area contributed by atoms with E-state index in [1.54, 1.807) is 18.2 Å². The van der Waals surface area contributed by atoms with Crippen LogP contribution in [-0.4, -0.2) is 23.3 Å². The van der Waals surface area contributed by atoms with Crippen molar-refractivity contribution in [2.75, 3.05) is 0 Å². The first-order chi connectivity index (χ1) is 9.66. The second-order valence-corrected chi connectivity index (χ2v) is 4.36. The van der Waals surface area contributed by atoms with Crippen molar-refractivity contribution in [3.63, 3.8) is 0 Å². The molecule has 0 aromatic heterocycles. The van der Waals surface area contributed by atoms with Crippen LogP contribution in [0.25, 0.3) is 0 Å². The van der Waals surface area contributed by atoms with Crippen molar-refractivity contribution in [3.05, 3.63) is 65.7 Å². The molecule has 0 spiro atoms. The topological polar surface area (TPSA) is 72.7 Å². The van der Waals surface area contributed by atoms with Gasteiger partial charge in [0.15, 0.2) is 0 Å². The second-order valence-electron chi connectivity index (χ2n) is 4.36. The third kappa shape index (κ3) is 3.68. The van der Waals surface area contributed by atoms with Crippen LogP contribution in [0.5, 0.6) is 5.75 Å². The molecule has 0 saturated carbocycles. The number of benzene rings is 2. The van der Waals surface area contributed by atoms with Crippen molar-refractivity contribution in [1.82, 2.24) is 0 Å². The average Bonchev–Trinajstić information content (AvgIpc) is 2.46. The van der Waals surface area contributed by atoms with Crippen molar-refractivity contribution < 1.29 is 15.0 Å².